The third-order valence-electron chi connectivity index (χ3n) is 3.85. The van der Waals surface area contributed by atoms with Crippen LogP contribution in [0.2, 0.25) is 5.02 Å². The predicted octanol–water partition coefficient (Wildman–Crippen LogP) is 3.64. The maximum Gasteiger partial charge on any atom is 0.360 e. The molecule has 0 amide bonds. The maximum absolute atomic E-state index is 12.2. The van der Waals surface area contributed by atoms with Crippen LogP contribution >= 0.6 is 11.6 Å². The maximum atomic E-state index is 12.2. The standard InChI is InChI=1S/C16H21ClN2O3/c1-4-7-13(20)22-19-15-11(10(5-2)6-3)8-9-12(17)14(15)18-16(19)21/h8-10H,4-7H2,1-3H3,(H,18,21). The molecule has 1 N–H and O–H groups in total. The number of hydrogen-bond donors (Lipinski definition) is 1. The lowest BCUT2D eigenvalue weighted by molar-refractivity contribution is -0.144. The van der Waals surface area contributed by atoms with Gasteiger partial charge in [0.1, 0.15) is 5.52 Å². The van der Waals surface area contributed by atoms with E-state index in [4.69, 9.17) is 16.4 Å². The minimum absolute atomic E-state index is 0.264. The summed E-state index contributed by atoms with van der Waals surface area (Å²) >= 11 is 6.18. The van der Waals surface area contributed by atoms with E-state index >= 15 is 0 Å². The Bertz CT molecular complexity index is 729. The van der Waals surface area contributed by atoms with Crippen molar-refractivity contribution in [1.82, 2.24) is 9.71 Å². The van der Waals surface area contributed by atoms with Crippen molar-refractivity contribution in [3.63, 3.8) is 0 Å². The lowest BCUT2D eigenvalue weighted by atomic mass is 9.93. The number of fused-ring (bicyclic) bond motifs is 1. The molecule has 0 bridgehead atoms. The van der Waals surface area contributed by atoms with Gasteiger partial charge in [-0.25, -0.2) is 9.59 Å². The molecule has 22 heavy (non-hydrogen) atoms. The van der Waals surface area contributed by atoms with Gasteiger partial charge in [0.25, 0.3) is 0 Å². The molecule has 120 valence electrons. The summed E-state index contributed by atoms with van der Waals surface area (Å²) in [7, 11) is 0. The smallest absolute Gasteiger partial charge is 0.332 e. The molecule has 0 fully saturated rings. The summed E-state index contributed by atoms with van der Waals surface area (Å²) in [6.45, 7) is 6.06. The number of hydrogen-bond acceptors (Lipinski definition) is 3. The van der Waals surface area contributed by atoms with Crippen molar-refractivity contribution in [2.45, 2.75) is 52.4 Å². The molecule has 0 saturated carbocycles. The average Bonchev–Trinajstić information content (AvgIpc) is 2.81. The quantitative estimate of drug-likeness (QED) is 0.882. The first-order valence-electron chi connectivity index (χ1n) is 7.67. The fourth-order valence-electron chi connectivity index (χ4n) is 2.68. The number of carbonyl (C=O) groups excluding carboxylic acids is 1. The molecule has 6 heteroatoms. The SMILES string of the molecule is CCCC(=O)On1c(=O)[nH]c2c(Cl)ccc(C(CC)CC)c21. The fourth-order valence-corrected chi connectivity index (χ4v) is 2.88. The third kappa shape index (κ3) is 3.04. The van der Waals surface area contributed by atoms with Crippen molar-refractivity contribution in [2.75, 3.05) is 0 Å². The first-order valence-corrected chi connectivity index (χ1v) is 8.05. The molecule has 1 aromatic heterocycles. The zero-order chi connectivity index (χ0) is 16.3. The van der Waals surface area contributed by atoms with E-state index in [-0.39, 0.29) is 12.3 Å². The number of nitrogens with one attached hydrogen (secondary N) is 1. The van der Waals surface area contributed by atoms with Gasteiger partial charge in [0.2, 0.25) is 0 Å². The highest BCUT2D eigenvalue weighted by atomic mass is 35.5. The molecule has 2 aromatic rings. The van der Waals surface area contributed by atoms with Crippen LogP contribution in [-0.4, -0.2) is 15.7 Å². The Balaban J connectivity index is 2.65. The van der Waals surface area contributed by atoms with E-state index in [1.165, 1.54) is 0 Å². The van der Waals surface area contributed by atoms with Crippen LogP contribution in [-0.2, 0) is 4.79 Å². The monoisotopic (exact) mass is 324 g/mol. The van der Waals surface area contributed by atoms with Crippen molar-refractivity contribution in [2.24, 2.45) is 0 Å². The molecule has 1 heterocycles. The van der Waals surface area contributed by atoms with E-state index in [1.807, 2.05) is 13.0 Å². The topological polar surface area (TPSA) is 64.1 Å². The van der Waals surface area contributed by atoms with E-state index in [0.29, 0.717) is 22.5 Å². The van der Waals surface area contributed by atoms with Crippen LogP contribution in [0.5, 0.6) is 0 Å². The second kappa shape index (κ2) is 7.01. The van der Waals surface area contributed by atoms with Crippen molar-refractivity contribution in [3.05, 3.63) is 33.2 Å². The van der Waals surface area contributed by atoms with Gasteiger partial charge in [-0.1, -0.05) is 38.4 Å². The second-order valence-electron chi connectivity index (χ2n) is 5.31. The van der Waals surface area contributed by atoms with Crippen molar-refractivity contribution >= 4 is 28.6 Å². The fraction of sp³-hybridized carbons (Fsp3) is 0.500. The molecule has 2 rings (SSSR count). The lowest BCUT2D eigenvalue weighted by Crippen LogP contribution is -2.29. The zero-order valence-corrected chi connectivity index (χ0v) is 13.9. The summed E-state index contributed by atoms with van der Waals surface area (Å²) < 4.78 is 1.05. The number of rotatable bonds is 6. The molecule has 0 unspecified atom stereocenters. The second-order valence-corrected chi connectivity index (χ2v) is 5.72. The van der Waals surface area contributed by atoms with Crippen LogP contribution in [0.3, 0.4) is 0 Å². The first-order chi connectivity index (χ1) is 10.5. The number of carbonyl (C=O) groups is 1. The van der Waals surface area contributed by atoms with Crippen LogP contribution < -0.4 is 10.5 Å². The van der Waals surface area contributed by atoms with Gasteiger partial charge in [-0.15, -0.1) is 4.73 Å². The molecule has 0 aliphatic heterocycles. The first kappa shape index (κ1) is 16.6. The Kier molecular flexibility index (Phi) is 5.29. The summed E-state index contributed by atoms with van der Waals surface area (Å²) in [4.78, 5) is 31.9. The number of halogens is 1. The van der Waals surface area contributed by atoms with E-state index in [9.17, 15) is 9.59 Å². The van der Waals surface area contributed by atoms with E-state index in [0.717, 1.165) is 23.1 Å². The van der Waals surface area contributed by atoms with Gasteiger partial charge in [-0.05, 0) is 36.8 Å². The van der Waals surface area contributed by atoms with Crippen LogP contribution in [0.15, 0.2) is 16.9 Å². The summed E-state index contributed by atoms with van der Waals surface area (Å²) in [5.41, 5.74) is 1.56. The molecule has 0 spiro atoms. The summed E-state index contributed by atoms with van der Waals surface area (Å²) in [5, 5.41) is 0.437. The van der Waals surface area contributed by atoms with Gasteiger partial charge in [0.05, 0.1) is 10.5 Å². The minimum Gasteiger partial charge on any atom is -0.332 e. The number of aromatic nitrogens is 2. The van der Waals surface area contributed by atoms with Crippen LogP contribution in [0, 0.1) is 0 Å². The minimum atomic E-state index is -0.486. The normalized spacial score (nSPS) is 11.3. The van der Waals surface area contributed by atoms with Crippen molar-refractivity contribution in [1.29, 1.82) is 0 Å². The zero-order valence-electron chi connectivity index (χ0n) is 13.1. The van der Waals surface area contributed by atoms with Gasteiger partial charge in [-0.2, -0.15) is 0 Å². The number of aromatic amines is 1. The molecule has 1 aromatic carbocycles. The molecule has 0 radical (unpaired) electrons. The largest absolute Gasteiger partial charge is 0.360 e. The Morgan fingerprint density at radius 1 is 1.32 bits per heavy atom. The molecule has 0 saturated heterocycles. The molecule has 0 aliphatic carbocycles. The molecule has 0 atom stereocenters. The third-order valence-corrected chi connectivity index (χ3v) is 4.17. The Hall–Kier alpha value is -1.75. The summed E-state index contributed by atoms with van der Waals surface area (Å²) in [5.74, 6) is -0.160. The average molecular weight is 325 g/mol. The van der Waals surface area contributed by atoms with E-state index < -0.39 is 11.7 Å². The highest BCUT2D eigenvalue weighted by molar-refractivity contribution is 6.35. The van der Waals surface area contributed by atoms with E-state index in [1.54, 1.807) is 6.07 Å². The highest BCUT2D eigenvalue weighted by Crippen LogP contribution is 2.32. The lowest BCUT2D eigenvalue weighted by Gasteiger charge is -2.15. The Morgan fingerprint density at radius 3 is 2.59 bits per heavy atom. The molecular formula is C16H21ClN2O3. The summed E-state index contributed by atoms with van der Waals surface area (Å²) in [6.07, 6.45) is 2.78. The van der Waals surface area contributed by atoms with Gasteiger partial charge in [0.15, 0.2) is 0 Å². The number of imidazole rings is 1. The molecular weight excluding hydrogens is 304 g/mol. The highest BCUT2D eigenvalue weighted by Gasteiger charge is 2.20. The Labute approximate surface area is 134 Å². The van der Waals surface area contributed by atoms with Crippen LogP contribution in [0.4, 0.5) is 0 Å². The van der Waals surface area contributed by atoms with Crippen molar-refractivity contribution < 1.29 is 9.63 Å². The number of nitrogens with zero attached hydrogens (tertiary/aromatic N) is 1. The number of H-pyrrole nitrogens is 1. The summed E-state index contributed by atoms with van der Waals surface area (Å²) in [6, 6.07) is 3.67. The van der Waals surface area contributed by atoms with Crippen LogP contribution in [0.25, 0.3) is 11.0 Å². The van der Waals surface area contributed by atoms with E-state index in [2.05, 4.69) is 18.8 Å². The number of benzene rings is 1. The predicted molar refractivity (Wildman–Crippen MR) is 87.4 cm³/mol. The van der Waals surface area contributed by atoms with Crippen LogP contribution in [0.1, 0.15) is 57.9 Å². The molecule has 5 nitrogen and oxygen atoms in total. The molecule has 0 aliphatic rings. The van der Waals surface area contributed by atoms with Gasteiger partial charge < -0.3 is 9.82 Å². The van der Waals surface area contributed by atoms with Gasteiger partial charge in [-0.3, -0.25) is 0 Å². The van der Waals surface area contributed by atoms with Gasteiger partial charge >= 0.3 is 11.7 Å². The van der Waals surface area contributed by atoms with Gasteiger partial charge in [0, 0.05) is 6.42 Å². The van der Waals surface area contributed by atoms with Crippen molar-refractivity contribution in [3.8, 4) is 0 Å². The Morgan fingerprint density at radius 2 is 2.00 bits per heavy atom.